The van der Waals surface area contributed by atoms with Gasteiger partial charge < -0.3 is 14.9 Å². The molecular formula is C22H18F3N7O3. The lowest BCUT2D eigenvalue weighted by Gasteiger charge is -2.12. The highest BCUT2D eigenvalue weighted by molar-refractivity contribution is 6.08. The fourth-order valence-corrected chi connectivity index (χ4v) is 3.84. The topological polar surface area (TPSA) is 124 Å². The molecule has 3 aromatic heterocycles. The number of rotatable bonds is 5. The summed E-state index contributed by atoms with van der Waals surface area (Å²) in [7, 11) is 1.62. The van der Waals surface area contributed by atoms with Gasteiger partial charge in [0.15, 0.2) is 11.5 Å². The molecule has 13 heteroatoms. The molecule has 0 aliphatic rings. The van der Waals surface area contributed by atoms with Crippen LogP contribution in [-0.4, -0.2) is 47.3 Å². The number of aromatic nitrogens is 6. The van der Waals surface area contributed by atoms with Crippen LogP contribution in [0.5, 0.6) is 0 Å². The number of nitrogens with zero attached hydrogens (tertiary/aromatic N) is 6. The highest BCUT2D eigenvalue weighted by Gasteiger charge is 2.30. The summed E-state index contributed by atoms with van der Waals surface area (Å²) in [5.74, 6) is -0.0610. The van der Waals surface area contributed by atoms with Crippen LogP contribution in [0, 0.1) is 6.92 Å². The summed E-state index contributed by atoms with van der Waals surface area (Å²) >= 11 is 0. The predicted molar refractivity (Wildman–Crippen MR) is 117 cm³/mol. The van der Waals surface area contributed by atoms with Crippen molar-refractivity contribution in [3.8, 4) is 5.69 Å². The highest BCUT2D eigenvalue weighted by Crippen LogP contribution is 2.33. The number of aryl methyl sites for hydroxylation is 2. The second-order valence-electron chi connectivity index (χ2n) is 7.86. The lowest BCUT2D eigenvalue weighted by atomic mass is 10.1. The molecule has 0 fully saturated rings. The van der Waals surface area contributed by atoms with Crippen LogP contribution in [0.1, 0.15) is 33.7 Å². The number of carbonyl (C=O) groups excluding carboxylic acids is 1. The molecule has 3 heterocycles. The van der Waals surface area contributed by atoms with Gasteiger partial charge in [0.2, 0.25) is 0 Å². The van der Waals surface area contributed by atoms with Gasteiger partial charge >= 0.3 is 6.18 Å². The Hall–Kier alpha value is -4.26. The van der Waals surface area contributed by atoms with Crippen LogP contribution in [0.2, 0.25) is 0 Å². The molecule has 0 aliphatic carbocycles. The van der Waals surface area contributed by atoms with Crippen LogP contribution < -0.4 is 5.32 Å². The van der Waals surface area contributed by atoms with Gasteiger partial charge in [0.05, 0.1) is 17.7 Å². The first-order valence-electron chi connectivity index (χ1n) is 10.4. The quantitative estimate of drug-likeness (QED) is 0.392. The minimum atomic E-state index is -4.45. The molecule has 0 saturated carbocycles. The van der Waals surface area contributed by atoms with Gasteiger partial charge in [-0.15, -0.1) is 5.10 Å². The standard InChI is InChI=1S/C22H18F3N7O3/c1-11-26-21(35-30-11)16(10-33)27-20(34)12-3-8-17-15(9-12)18-19(29-31(2)28-18)32(17)14-6-4-13(5-7-14)22(23,24)25/h3-9,16,33H,10H2,1-2H3,(H,27,34). The van der Waals surface area contributed by atoms with Gasteiger partial charge in [0, 0.05) is 23.7 Å². The maximum absolute atomic E-state index is 13.0. The number of benzene rings is 2. The van der Waals surface area contributed by atoms with E-state index in [0.717, 1.165) is 12.1 Å². The van der Waals surface area contributed by atoms with Gasteiger partial charge in [-0.3, -0.25) is 9.36 Å². The number of nitrogens with one attached hydrogen (secondary N) is 1. The third kappa shape index (κ3) is 3.99. The first kappa shape index (κ1) is 22.5. The van der Waals surface area contributed by atoms with Crippen LogP contribution in [0.15, 0.2) is 47.0 Å². The van der Waals surface area contributed by atoms with E-state index in [1.54, 1.807) is 36.7 Å². The molecule has 2 N–H and O–H groups in total. The molecule has 0 aliphatic heterocycles. The number of aliphatic hydroxyl groups is 1. The Kier molecular flexibility index (Phi) is 5.28. The van der Waals surface area contributed by atoms with E-state index in [-0.39, 0.29) is 11.5 Å². The predicted octanol–water partition coefficient (Wildman–Crippen LogP) is 3.09. The molecule has 0 bridgehead atoms. The summed E-state index contributed by atoms with van der Waals surface area (Å²) in [6, 6.07) is 8.65. The second-order valence-corrected chi connectivity index (χ2v) is 7.86. The van der Waals surface area contributed by atoms with Crippen molar-refractivity contribution < 1.29 is 27.6 Å². The third-order valence-corrected chi connectivity index (χ3v) is 5.44. The van der Waals surface area contributed by atoms with Gasteiger partial charge in [-0.1, -0.05) is 5.16 Å². The average Bonchev–Trinajstić information content (AvgIpc) is 3.49. The van der Waals surface area contributed by atoms with Crippen molar-refractivity contribution in [2.75, 3.05) is 6.61 Å². The minimum absolute atomic E-state index is 0.0733. The summed E-state index contributed by atoms with van der Waals surface area (Å²) in [6.07, 6.45) is -4.45. The Balaban J connectivity index is 1.55. The molecule has 10 nitrogen and oxygen atoms in total. The van der Waals surface area contributed by atoms with Crippen LogP contribution >= 0.6 is 0 Å². The number of fused-ring (bicyclic) bond motifs is 3. The van der Waals surface area contributed by atoms with Gasteiger partial charge in [-0.25, -0.2) is 0 Å². The number of hydrogen-bond donors (Lipinski definition) is 2. The zero-order valence-corrected chi connectivity index (χ0v) is 18.4. The van der Waals surface area contributed by atoms with E-state index in [0.29, 0.717) is 33.6 Å². The number of halogens is 3. The van der Waals surface area contributed by atoms with Crippen LogP contribution in [0.3, 0.4) is 0 Å². The molecular weight excluding hydrogens is 467 g/mol. The SMILES string of the molecule is Cc1noc(C(CO)NC(=O)c2ccc3c(c2)c2nn(C)nc2n3-c2ccc(C(F)(F)F)cc2)n1. The smallest absolute Gasteiger partial charge is 0.394 e. The Morgan fingerprint density at radius 1 is 1.17 bits per heavy atom. The van der Waals surface area contributed by atoms with Crippen molar-refractivity contribution in [2.24, 2.45) is 7.05 Å². The molecule has 0 saturated heterocycles. The first-order chi connectivity index (χ1) is 16.7. The first-order valence-corrected chi connectivity index (χ1v) is 10.4. The highest BCUT2D eigenvalue weighted by atomic mass is 19.4. The Morgan fingerprint density at radius 3 is 2.54 bits per heavy atom. The number of aliphatic hydroxyl groups excluding tert-OH is 1. The number of hydrogen-bond acceptors (Lipinski definition) is 7. The van der Waals surface area contributed by atoms with E-state index in [1.165, 1.54) is 16.9 Å². The maximum Gasteiger partial charge on any atom is 0.416 e. The molecule has 180 valence electrons. The van der Waals surface area contributed by atoms with Gasteiger partial charge in [0.25, 0.3) is 11.8 Å². The van der Waals surface area contributed by atoms with Crippen molar-refractivity contribution in [1.82, 2.24) is 35.0 Å². The molecule has 35 heavy (non-hydrogen) atoms. The van der Waals surface area contributed by atoms with E-state index < -0.39 is 30.3 Å². The van der Waals surface area contributed by atoms with Crippen molar-refractivity contribution in [3.05, 3.63) is 65.3 Å². The normalized spacial score (nSPS) is 13.0. The Bertz CT molecular complexity index is 1550. The van der Waals surface area contributed by atoms with Crippen LogP contribution in [0.4, 0.5) is 13.2 Å². The molecule has 1 amide bonds. The fraction of sp³-hybridized carbons (Fsp3) is 0.227. The van der Waals surface area contributed by atoms with Crippen molar-refractivity contribution in [3.63, 3.8) is 0 Å². The maximum atomic E-state index is 13.0. The molecule has 5 aromatic rings. The van der Waals surface area contributed by atoms with E-state index in [2.05, 4.69) is 25.7 Å². The summed E-state index contributed by atoms with van der Waals surface area (Å²) in [4.78, 5) is 18.3. The van der Waals surface area contributed by atoms with E-state index >= 15 is 0 Å². The summed E-state index contributed by atoms with van der Waals surface area (Å²) in [5.41, 5.74) is 1.48. The largest absolute Gasteiger partial charge is 0.416 e. The lowest BCUT2D eigenvalue weighted by Crippen LogP contribution is -2.31. The molecule has 5 rings (SSSR count). The molecule has 0 radical (unpaired) electrons. The molecule has 2 aromatic carbocycles. The summed E-state index contributed by atoms with van der Waals surface area (Å²) in [6.45, 7) is 1.17. The van der Waals surface area contributed by atoms with Gasteiger partial charge in [0.1, 0.15) is 11.6 Å². The molecule has 1 atom stereocenters. The van der Waals surface area contributed by atoms with Crippen molar-refractivity contribution in [1.29, 1.82) is 0 Å². The number of alkyl halides is 3. The van der Waals surface area contributed by atoms with Crippen LogP contribution in [-0.2, 0) is 13.2 Å². The van der Waals surface area contributed by atoms with E-state index in [9.17, 15) is 23.1 Å². The fourth-order valence-electron chi connectivity index (χ4n) is 3.84. The zero-order chi connectivity index (χ0) is 24.9. The third-order valence-electron chi connectivity index (χ3n) is 5.44. The number of amides is 1. The van der Waals surface area contributed by atoms with Crippen LogP contribution in [0.25, 0.3) is 27.8 Å². The minimum Gasteiger partial charge on any atom is -0.394 e. The molecule has 1 unspecified atom stereocenters. The Morgan fingerprint density at radius 2 is 1.91 bits per heavy atom. The van der Waals surface area contributed by atoms with Gasteiger partial charge in [-0.05, 0) is 49.4 Å². The zero-order valence-electron chi connectivity index (χ0n) is 18.4. The van der Waals surface area contributed by atoms with Gasteiger partial charge in [-0.2, -0.15) is 28.1 Å². The van der Waals surface area contributed by atoms with Crippen molar-refractivity contribution in [2.45, 2.75) is 19.1 Å². The average molecular weight is 485 g/mol. The Labute approximate surface area is 195 Å². The van der Waals surface area contributed by atoms with E-state index in [1.807, 2.05) is 0 Å². The summed E-state index contributed by atoms with van der Waals surface area (Å²) in [5, 5.41) is 25.3. The molecule has 0 spiro atoms. The van der Waals surface area contributed by atoms with Crippen molar-refractivity contribution >= 4 is 28.0 Å². The number of carbonyl (C=O) groups is 1. The monoisotopic (exact) mass is 485 g/mol. The lowest BCUT2D eigenvalue weighted by molar-refractivity contribution is -0.137. The second kappa shape index (κ2) is 8.20. The van der Waals surface area contributed by atoms with E-state index in [4.69, 9.17) is 4.52 Å². The summed E-state index contributed by atoms with van der Waals surface area (Å²) < 4.78 is 45.8.